The molecule has 0 unspecified atom stereocenters. The molecule has 0 bridgehead atoms. The van der Waals surface area contributed by atoms with Gasteiger partial charge in [-0.1, -0.05) is 127 Å². The largest absolute Gasteiger partial charge is 0.258 e. The van der Waals surface area contributed by atoms with Crippen LogP contribution in [0.2, 0.25) is 0 Å². The second-order valence-electron chi connectivity index (χ2n) is 14.2. The maximum absolute atomic E-state index is 5.27. The number of hydrogen-bond acceptors (Lipinski definition) is 3. The average molecular weight is 690 g/mol. The third-order valence-electron chi connectivity index (χ3n) is 10.5. The van der Waals surface area contributed by atoms with Gasteiger partial charge in [0.05, 0.1) is 11.4 Å². The lowest BCUT2D eigenvalue weighted by molar-refractivity contribution is 1.12. The average Bonchev–Trinajstić information content (AvgIpc) is 3.22. The normalized spacial score (nSPS) is 11.5. The SMILES string of the molecule is Cc1cc(-c2cccc(-c3cc(-c4nc(-c5ccccc5)cc(-c5ccccc5)n4)cc(-c4cc5cccc6ccc7cccc4c7c65)c3)c2)cc(C)n1. The van der Waals surface area contributed by atoms with Crippen LogP contribution in [0.3, 0.4) is 0 Å². The number of aryl methyl sites for hydroxylation is 2. The molecule has 0 amide bonds. The lowest BCUT2D eigenvalue weighted by atomic mass is 9.87. The Morgan fingerprint density at radius 2 is 0.815 bits per heavy atom. The van der Waals surface area contributed by atoms with Crippen molar-refractivity contribution in [3.05, 3.63) is 187 Å². The van der Waals surface area contributed by atoms with Crippen molar-refractivity contribution in [2.24, 2.45) is 0 Å². The number of pyridine rings is 1. The second-order valence-corrected chi connectivity index (χ2v) is 14.2. The molecular weight excluding hydrogens is 655 g/mol. The Bertz CT molecular complexity index is 2920. The molecule has 254 valence electrons. The van der Waals surface area contributed by atoms with Crippen LogP contribution in [0.25, 0.3) is 99.6 Å². The third kappa shape index (κ3) is 5.67. The Morgan fingerprint density at radius 3 is 1.48 bits per heavy atom. The molecular formula is C51H35N3. The fourth-order valence-electron chi connectivity index (χ4n) is 8.05. The first-order chi connectivity index (χ1) is 26.5. The molecule has 2 heterocycles. The first-order valence-corrected chi connectivity index (χ1v) is 18.4. The van der Waals surface area contributed by atoms with E-state index in [0.717, 1.165) is 67.3 Å². The third-order valence-corrected chi connectivity index (χ3v) is 10.5. The van der Waals surface area contributed by atoms with Crippen LogP contribution in [-0.2, 0) is 0 Å². The highest BCUT2D eigenvalue weighted by Gasteiger charge is 2.17. The van der Waals surface area contributed by atoms with Crippen molar-refractivity contribution in [3.63, 3.8) is 0 Å². The highest BCUT2D eigenvalue weighted by Crippen LogP contribution is 2.42. The van der Waals surface area contributed by atoms with Crippen LogP contribution in [0.4, 0.5) is 0 Å². The van der Waals surface area contributed by atoms with Crippen LogP contribution in [0.5, 0.6) is 0 Å². The summed E-state index contributed by atoms with van der Waals surface area (Å²) in [6.45, 7) is 4.11. The van der Waals surface area contributed by atoms with Crippen LogP contribution in [0.15, 0.2) is 176 Å². The van der Waals surface area contributed by atoms with Gasteiger partial charge in [0.25, 0.3) is 0 Å². The maximum atomic E-state index is 5.27. The van der Waals surface area contributed by atoms with E-state index in [2.05, 4.69) is 183 Å². The molecule has 10 aromatic rings. The van der Waals surface area contributed by atoms with E-state index in [9.17, 15) is 0 Å². The number of benzene rings is 8. The Kier molecular flexibility index (Phi) is 7.59. The topological polar surface area (TPSA) is 38.7 Å². The number of aromatic nitrogens is 3. The molecule has 0 aliphatic heterocycles. The van der Waals surface area contributed by atoms with Gasteiger partial charge in [0.15, 0.2) is 5.82 Å². The van der Waals surface area contributed by atoms with Crippen molar-refractivity contribution in [1.82, 2.24) is 15.0 Å². The first-order valence-electron chi connectivity index (χ1n) is 18.4. The molecule has 0 aliphatic rings. The molecule has 0 saturated carbocycles. The van der Waals surface area contributed by atoms with Gasteiger partial charge in [0, 0.05) is 28.1 Å². The molecule has 8 aromatic carbocycles. The summed E-state index contributed by atoms with van der Waals surface area (Å²) in [5.41, 5.74) is 13.7. The Hall–Kier alpha value is -6.97. The quantitative estimate of drug-likeness (QED) is 0.163. The lowest BCUT2D eigenvalue weighted by Gasteiger charge is -2.17. The molecule has 0 aliphatic carbocycles. The standard InChI is InChI=1S/C51H35N3/c1-32-24-41(25-33(2)52-32)38-18-10-19-39(26-38)42-27-43(46-30-40-20-9-16-36-22-23-37-17-11-21-45(46)50(37)49(36)40)29-44(28-42)51-53-47(34-12-5-3-6-13-34)31-48(54-51)35-14-7-4-8-15-35/h3-31H,1-2H3. The van der Waals surface area contributed by atoms with Crippen LogP contribution in [0.1, 0.15) is 11.4 Å². The van der Waals surface area contributed by atoms with Crippen molar-refractivity contribution in [2.45, 2.75) is 13.8 Å². The van der Waals surface area contributed by atoms with E-state index in [1.807, 2.05) is 12.1 Å². The van der Waals surface area contributed by atoms with E-state index in [1.54, 1.807) is 0 Å². The van der Waals surface area contributed by atoms with E-state index in [-0.39, 0.29) is 0 Å². The van der Waals surface area contributed by atoms with Crippen LogP contribution >= 0.6 is 0 Å². The fourth-order valence-corrected chi connectivity index (χ4v) is 8.05. The highest BCUT2D eigenvalue weighted by molar-refractivity contribution is 6.26. The molecule has 54 heavy (non-hydrogen) atoms. The summed E-state index contributed by atoms with van der Waals surface area (Å²) in [4.78, 5) is 15.2. The molecule has 0 atom stereocenters. The van der Waals surface area contributed by atoms with Crippen molar-refractivity contribution in [2.75, 3.05) is 0 Å². The first kappa shape index (κ1) is 31.7. The Balaban J connectivity index is 1.25. The van der Waals surface area contributed by atoms with Crippen molar-refractivity contribution >= 4 is 32.3 Å². The van der Waals surface area contributed by atoms with Gasteiger partial charge in [-0.2, -0.15) is 0 Å². The maximum Gasteiger partial charge on any atom is 0.160 e. The lowest BCUT2D eigenvalue weighted by Crippen LogP contribution is -1.97. The molecule has 0 fully saturated rings. The zero-order chi connectivity index (χ0) is 36.2. The molecule has 0 N–H and O–H groups in total. The number of nitrogens with zero attached hydrogens (tertiary/aromatic N) is 3. The van der Waals surface area contributed by atoms with Gasteiger partial charge in [-0.15, -0.1) is 0 Å². The molecule has 10 rings (SSSR count). The molecule has 3 nitrogen and oxygen atoms in total. The predicted octanol–water partition coefficient (Wildman–Crippen LogP) is 13.4. The molecule has 3 heteroatoms. The highest BCUT2D eigenvalue weighted by atomic mass is 14.9. The summed E-state index contributed by atoms with van der Waals surface area (Å²) in [7, 11) is 0. The number of rotatable bonds is 6. The van der Waals surface area contributed by atoms with E-state index in [0.29, 0.717) is 5.82 Å². The summed E-state index contributed by atoms with van der Waals surface area (Å²) in [5.74, 6) is 0.687. The van der Waals surface area contributed by atoms with Crippen LogP contribution in [-0.4, -0.2) is 15.0 Å². The van der Waals surface area contributed by atoms with Crippen LogP contribution < -0.4 is 0 Å². The van der Waals surface area contributed by atoms with Gasteiger partial charge in [-0.25, -0.2) is 9.97 Å². The molecule has 0 saturated heterocycles. The number of hydrogen-bond donors (Lipinski definition) is 0. The summed E-state index contributed by atoms with van der Waals surface area (Å²) in [5, 5.41) is 7.59. The summed E-state index contributed by atoms with van der Waals surface area (Å²) < 4.78 is 0. The monoisotopic (exact) mass is 689 g/mol. The van der Waals surface area contributed by atoms with Gasteiger partial charge in [-0.05, 0) is 128 Å². The summed E-state index contributed by atoms with van der Waals surface area (Å²) >= 11 is 0. The van der Waals surface area contributed by atoms with Gasteiger partial charge in [0.2, 0.25) is 0 Å². The zero-order valence-corrected chi connectivity index (χ0v) is 30.1. The van der Waals surface area contributed by atoms with Gasteiger partial charge in [-0.3, -0.25) is 4.98 Å². The summed E-state index contributed by atoms with van der Waals surface area (Å²) in [6, 6.07) is 63.0. The van der Waals surface area contributed by atoms with Crippen molar-refractivity contribution in [1.29, 1.82) is 0 Å². The molecule has 0 radical (unpaired) electrons. The van der Waals surface area contributed by atoms with Gasteiger partial charge in [0.1, 0.15) is 0 Å². The molecule has 0 spiro atoms. The van der Waals surface area contributed by atoms with E-state index in [1.165, 1.54) is 37.9 Å². The zero-order valence-electron chi connectivity index (χ0n) is 30.1. The van der Waals surface area contributed by atoms with Gasteiger partial charge >= 0.3 is 0 Å². The minimum absolute atomic E-state index is 0.687. The van der Waals surface area contributed by atoms with Crippen molar-refractivity contribution < 1.29 is 0 Å². The fraction of sp³-hybridized carbons (Fsp3) is 0.0392. The van der Waals surface area contributed by atoms with E-state index in [4.69, 9.17) is 9.97 Å². The van der Waals surface area contributed by atoms with E-state index < -0.39 is 0 Å². The Labute approximate surface area is 314 Å². The van der Waals surface area contributed by atoms with Gasteiger partial charge < -0.3 is 0 Å². The smallest absolute Gasteiger partial charge is 0.160 e. The van der Waals surface area contributed by atoms with Crippen molar-refractivity contribution in [3.8, 4) is 67.3 Å². The molecule has 2 aromatic heterocycles. The predicted molar refractivity (Wildman–Crippen MR) is 226 cm³/mol. The second kappa shape index (κ2) is 12.9. The van der Waals surface area contributed by atoms with Crippen LogP contribution in [0, 0.1) is 13.8 Å². The Morgan fingerprint density at radius 1 is 0.315 bits per heavy atom. The minimum Gasteiger partial charge on any atom is -0.258 e. The van der Waals surface area contributed by atoms with E-state index >= 15 is 0 Å². The minimum atomic E-state index is 0.687. The summed E-state index contributed by atoms with van der Waals surface area (Å²) in [6.07, 6.45) is 0.